The minimum absolute atomic E-state index is 0.00843. The molecule has 6 heteroatoms. The molecule has 1 N–H and O–H groups in total. The van der Waals surface area contributed by atoms with Crippen molar-refractivity contribution in [2.24, 2.45) is 0 Å². The topological polar surface area (TPSA) is 70.8 Å². The molecule has 3 aromatic carbocycles. The van der Waals surface area contributed by atoms with E-state index in [-0.39, 0.29) is 22.5 Å². The van der Waals surface area contributed by atoms with E-state index >= 15 is 0 Å². The molecule has 1 aliphatic heterocycles. The molecule has 1 aromatic heterocycles. The number of hydrogen-bond acceptors (Lipinski definition) is 4. The third kappa shape index (κ3) is 2.91. The fourth-order valence-corrected chi connectivity index (χ4v) is 4.11. The van der Waals surface area contributed by atoms with Crippen molar-refractivity contribution in [1.82, 2.24) is 0 Å². The molecule has 5 rings (SSSR count). The number of aromatic hydroxyl groups is 1. The van der Waals surface area contributed by atoms with Gasteiger partial charge in [0.05, 0.1) is 17.0 Å². The first kappa shape index (κ1) is 19.1. The number of phenols is 1. The number of carbonyl (C=O) groups excluding carboxylic acids is 1. The largest absolute Gasteiger partial charge is 0.508 e. The van der Waals surface area contributed by atoms with Gasteiger partial charge >= 0.3 is 0 Å². The smallest absolute Gasteiger partial charge is 0.295 e. The number of carbonyl (C=O) groups is 1. The number of rotatable bonds is 2. The monoisotopic (exact) mass is 415 g/mol. The second-order valence-electron chi connectivity index (χ2n) is 7.76. The van der Waals surface area contributed by atoms with Crippen LogP contribution in [0.15, 0.2) is 69.9 Å². The number of halogens is 1. The van der Waals surface area contributed by atoms with E-state index in [1.54, 1.807) is 24.3 Å². The second-order valence-corrected chi connectivity index (χ2v) is 7.76. The lowest BCUT2D eigenvalue weighted by molar-refractivity contribution is 0.0971. The zero-order valence-electron chi connectivity index (χ0n) is 16.8. The van der Waals surface area contributed by atoms with Crippen LogP contribution in [0.1, 0.15) is 38.9 Å². The Morgan fingerprint density at radius 1 is 0.968 bits per heavy atom. The van der Waals surface area contributed by atoms with E-state index in [0.29, 0.717) is 22.2 Å². The maximum Gasteiger partial charge on any atom is 0.295 e. The van der Waals surface area contributed by atoms with Crippen LogP contribution in [0.2, 0.25) is 0 Å². The molecule has 0 unspecified atom stereocenters. The van der Waals surface area contributed by atoms with Gasteiger partial charge in [0, 0.05) is 5.69 Å². The summed E-state index contributed by atoms with van der Waals surface area (Å²) in [6.07, 6.45) is 0. The summed E-state index contributed by atoms with van der Waals surface area (Å²) in [7, 11) is 0. The Labute approximate surface area is 177 Å². The van der Waals surface area contributed by atoms with E-state index in [9.17, 15) is 19.1 Å². The van der Waals surface area contributed by atoms with Crippen molar-refractivity contribution >= 4 is 22.6 Å². The van der Waals surface area contributed by atoms with Crippen molar-refractivity contribution in [2.75, 3.05) is 4.90 Å². The lowest BCUT2D eigenvalue weighted by Crippen LogP contribution is -2.29. The van der Waals surface area contributed by atoms with E-state index in [2.05, 4.69) is 0 Å². The average molecular weight is 415 g/mol. The maximum atomic E-state index is 13.6. The van der Waals surface area contributed by atoms with Crippen LogP contribution in [0.4, 0.5) is 10.1 Å². The van der Waals surface area contributed by atoms with Crippen molar-refractivity contribution < 1.29 is 18.7 Å². The number of fused-ring (bicyclic) bond motifs is 2. The number of anilines is 1. The summed E-state index contributed by atoms with van der Waals surface area (Å²) in [6, 6.07) is 14.6. The molecule has 0 bridgehead atoms. The van der Waals surface area contributed by atoms with Crippen LogP contribution in [0, 0.1) is 19.7 Å². The van der Waals surface area contributed by atoms with Gasteiger partial charge in [0.2, 0.25) is 5.76 Å². The van der Waals surface area contributed by atoms with Crippen LogP contribution in [0.3, 0.4) is 0 Å². The highest BCUT2D eigenvalue weighted by Crippen LogP contribution is 2.42. The van der Waals surface area contributed by atoms with Crippen LogP contribution in [0.25, 0.3) is 11.0 Å². The molecule has 154 valence electrons. The highest BCUT2D eigenvalue weighted by Gasteiger charge is 2.43. The molecule has 0 spiro atoms. The first-order valence-corrected chi connectivity index (χ1v) is 9.81. The van der Waals surface area contributed by atoms with Gasteiger partial charge in [-0.3, -0.25) is 14.5 Å². The molecule has 1 amide bonds. The van der Waals surface area contributed by atoms with E-state index < -0.39 is 17.8 Å². The fraction of sp³-hybridized carbons (Fsp3) is 0.120. The summed E-state index contributed by atoms with van der Waals surface area (Å²) in [5.41, 5.74) is 3.10. The highest BCUT2D eigenvalue weighted by molar-refractivity contribution is 6.10. The van der Waals surface area contributed by atoms with Crippen LogP contribution in [0.5, 0.6) is 5.75 Å². The standard InChI is InChI=1S/C25H18FNO4/c1-13-10-19-20(11-14(13)2)31-24-21(23(19)29)22(15-4-3-5-18(28)12-15)27(25(24)30)17-8-6-16(26)7-9-17/h3-12,22,28H,1-2H3/t22-/m0/s1. The quantitative estimate of drug-likeness (QED) is 0.500. The SMILES string of the molecule is Cc1cc2oc3c(c(=O)c2cc1C)[C@H](c1cccc(O)c1)N(c1ccc(F)cc1)C3=O. The summed E-state index contributed by atoms with van der Waals surface area (Å²) in [5.74, 6) is -0.965. The molecule has 0 radical (unpaired) electrons. The van der Waals surface area contributed by atoms with Crippen molar-refractivity contribution in [3.05, 3.63) is 105 Å². The minimum atomic E-state index is -0.817. The number of benzene rings is 3. The molecule has 0 fully saturated rings. The van der Waals surface area contributed by atoms with Gasteiger partial charge in [-0.25, -0.2) is 4.39 Å². The van der Waals surface area contributed by atoms with Crippen molar-refractivity contribution in [1.29, 1.82) is 0 Å². The molecule has 0 saturated carbocycles. The van der Waals surface area contributed by atoms with E-state index in [4.69, 9.17) is 4.42 Å². The van der Waals surface area contributed by atoms with Crippen LogP contribution < -0.4 is 10.3 Å². The number of nitrogens with zero attached hydrogens (tertiary/aromatic N) is 1. The lowest BCUT2D eigenvalue weighted by Gasteiger charge is -2.25. The first-order valence-electron chi connectivity index (χ1n) is 9.81. The highest BCUT2D eigenvalue weighted by atomic mass is 19.1. The molecular weight excluding hydrogens is 397 g/mol. The first-order chi connectivity index (χ1) is 14.8. The molecule has 5 nitrogen and oxygen atoms in total. The van der Waals surface area contributed by atoms with E-state index in [0.717, 1.165) is 11.1 Å². The molecule has 4 aromatic rings. The summed E-state index contributed by atoms with van der Waals surface area (Å²) in [5, 5.41) is 10.4. The van der Waals surface area contributed by atoms with Gasteiger partial charge in [-0.1, -0.05) is 12.1 Å². The number of phenolic OH excluding ortho intramolecular Hbond substituents is 1. The van der Waals surface area contributed by atoms with Gasteiger partial charge in [0.15, 0.2) is 5.43 Å². The van der Waals surface area contributed by atoms with E-state index in [1.165, 1.54) is 41.3 Å². The van der Waals surface area contributed by atoms with Gasteiger partial charge in [-0.15, -0.1) is 0 Å². The van der Waals surface area contributed by atoms with Crippen LogP contribution in [-0.4, -0.2) is 11.0 Å². The summed E-state index contributed by atoms with van der Waals surface area (Å²) < 4.78 is 19.5. The predicted molar refractivity (Wildman–Crippen MR) is 115 cm³/mol. The summed E-state index contributed by atoms with van der Waals surface area (Å²) in [6.45, 7) is 3.81. The van der Waals surface area contributed by atoms with Gasteiger partial charge in [-0.2, -0.15) is 0 Å². The number of hydrogen-bond donors (Lipinski definition) is 1. The Bertz CT molecular complexity index is 1420. The molecule has 2 heterocycles. The third-order valence-electron chi connectivity index (χ3n) is 5.78. The second kappa shape index (κ2) is 6.80. The average Bonchev–Trinajstić information content (AvgIpc) is 3.03. The van der Waals surface area contributed by atoms with Crippen LogP contribution in [-0.2, 0) is 0 Å². The number of aryl methyl sites for hydroxylation is 2. The Morgan fingerprint density at radius 2 is 1.68 bits per heavy atom. The molecular formula is C25H18FNO4. The van der Waals surface area contributed by atoms with Crippen LogP contribution >= 0.6 is 0 Å². The molecule has 0 saturated heterocycles. The number of amides is 1. The zero-order chi connectivity index (χ0) is 21.9. The zero-order valence-corrected chi connectivity index (χ0v) is 16.8. The van der Waals surface area contributed by atoms with E-state index in [1.807, 2.05) is 13.8 Å². The van der Waals surface area contributed by atoms with Gasteiger partial charge in [-0.05, 0) is 79.1 Å². The maximum absolute atomic E-state index is 13.6. The van der Waals surface area contributed by atoms with Crippen molar-refractivity contribution in [3.63, 3.8) is 0 Å². The Kier molecular flexibility index (Phi) is 4.18. The third-order valence-corrected chi connectivity index (χ3v) is 5.78. The van der Waals surface area contributed by atoms with Gasteiger partial charge in [0.25, 0.3) is 5.91 Å². The lowest BCUT2D eigenvalue weighted by atomic mass is 9.97. The molecule has 1 aliphatic rings. The Morgan fingerprint density at radius 3 is 2.39 bits per heavy atom. The van der Waals surface area contributed by atoms with Gasteiger partial charge in [0.1, 0.15) is 17.1 Å². The van der Waals surface area contributed by atoms with Gasteiger partial charge < -0.3 is 9.52 Å². The normalized spacial score (nSPS) is 15.5. The molecule has 31 heavy (non-hydrogen) atoms. The summed E-state index contributed by atoms with van der Waals surface area (Å²) in [4.78, 5) is 28.4. The fourth-order valence-electron chi connectivity index (χ4n) is 4.11. The Hall–Kier alpha value is -3.93. The van der Waals surface area contributed by atoms with Crippen molar-refractivity contribution in [3.8, 4) is 5.75 Å². The summed E-state index contributed by atoms with van der Waals surface area (Å²) >= 11 is 0. The molecule has 0 aliphatic carbocycles. The van der Waals surface area contributed by atoms with Crippen molar-refractivity contribution in [2.45, 2.75) is 19.9 Å². The predicted octanol–water partition coefficient (Wildman–Crippen LogP) is 5.00. The Balaban J connectivity index is 1.83. The molecule has 1 atom stereocenters. The minimum Gasteiger partial charge on any atom is -0.508 e.